The van der Waals surface area contributed by atoms with Gasteiger partial charge in [-0.25, -0.2) is 0 Å². The Hall–Kier alpha value is -1.06. The van der Waals surface area contributed by atoms with E-state index < -0.39 is 0 Å². The highest BCUT2D eigenvalue weighted by molar-refractivity contribution is 5.27. The molecule has 2 N–H and O–H groups in total. The Bertz CT molecular complexity index is 338. The highest BCUT2D eigenvalue weighted by atomic mass is 16.5. The number of hydrogen-bond acceptors (Lipinski definition) is 3. The maximum atomic E-state index is 9.35. The lowest BCUT2D eigenvalue weighted by molar-refractivity contribution is 0.0872. The van der Waals surface area contributed by atoms with Crippen LogP contribution in [-0.2, 0) is 6.54 Å². The largest absolute Gasteiger partial charge is 0.494 e. The van der Waals surface area contributed by atoms with Gasteiger partial charge in [0.15, 0.2) is 0 Å². The monoisotopic (exact) mass is 235 g/mol. The fourth-order valence-corrected chi connectivity index (χ4v) is 2.15. The minimum absolute atomic E-state index is 0.0153. The van der Waals surface area contributed by atoms with E-state index in [4.69, 9.17) is 4.74 Å². The molecule has 17 heavy (non-hydrogen) atoms. The maximum absolute atomic E-state index is 9.35. The predicted octanol–water partition coefficient (Wildman–Crippen LogP) is 2.09. The van der Waals surface area contributed by atoms with Crippen molar-refractivity contribution in [3.63, 3.8) is 0 Å². The van der Waals surface area contributed by atoms with Crippen molar-refractivity contribution in [1.29, 1.82) is 0 Å². The standard InChI is InChI=1S/C14H21NO2/c1-2-17-13-6-4-12(5-7-13)10-15-14(11-16)8-3-9-14/h4-7,15-16H,2-3,8-11H2,1H3. The quantitative estimate of drug-likeness (QED) is 0.793. The minimum Gasteiger partial charge on any atom is -0.494 e. The van der Waals surface area contributed by atoms with Gasteiger partial charge in [-0.15, -0.1) is 0 Å². The van der Waals surface area contributed by atoms with Crippen LogP contribution in [0.2, 0.25) is 0 Å². The molecule has 0 spiro atoms. The second kappa shape index (κ2) is 5.52. The van der Waals surface area contributed by atoms with Gasteiger partial charge < -0.3 is 15.2 Å². The molecule has 1 aliphatic rings. The predicted molar refractivity (Wildman–Crippen MR) is 68.1 cm³/mol. The molecule has 0 atom stereocenters. The minimum atomic E-state index is -0.0153. The molecule has 0 saturated heterocycles. The molecule has 3 nitrogen and oxygen atoms in total. The van der Waals surface area contributed by atoms with Crippen molar-refractivity contribution in [2.45, 2.75) is 38.3 Å². The third-order valence-electron chi connectivity index (χ3n) is 3.52. The second-order valence-corrected chi connectivity index (χ2v) is 4.72. The molecule has 1 fully saturated rings. The fourth-order valence-electron chi connectivity index (χ4n) is 2.15. The van der Waals surface area contributed by atoms with Crippen molar-refractivity contribution >= 4 is 0 Å². The van der Waals surface area contributed by atoms with Gasteiger partial charge in [-0.05, 0) is 43.9 Å². The van der Waals surface area contributed by atoms with Crippen molar-refractivity contribution < 1.29 is 9.84 Å². The highest BCUT2D eigenvalue weighted by Gasteiger charge is 2.35. The molecule has 0 heterocycles. The molecule has 3 heteroatoms. The van der Waals surface area contributed by atoms with Crippen molar-refractivity contribution in [3.05, 3.63) is 29.8 Å². The Morgan fingerprint density at radius 1 is 1.29 bits per heavy atom. The zero-order valence-corrected chi connectivity index (χ0v) is 10.4. The average molecular weight is 235 g/mol. The van der Waals surface area contributed by atoms with E-state index >= 15 is 0 Å². The van der Waals surface area contributed by atoms with E-state index in [0.717, 1.165) is 25.1 Å². The van der Waals surface area contributed by atoms with Crippen molar-refractivity contribution in [1.82, 2.24) is 5.32 Å². The molecular formula is C14H21NO2. The van der Waals surface area contributed by atoms with Crippen LogP contribution in [0.15, 0.2) is 24.3 Å². The van der Waals surface area contributed by atoms with Crippen LogP contribution in [0, 0.1) is 0 Å². The van der Waals surface area contributed by atoms with Crippen LogP contribution < -0.4 is 10.1 Å². The van der Waals surface area contributed by atoms with E-state index in [1.165, 1.54) is 12.0 Å². The lowest BCUT2D eigenvalue weighted by Crippen LogP contribution is -2.53. The lowest BCUT2D eigenvalue weighted by atomic mass is 9.77. The number of nitrogens with one attached hydrogen (secondary N) is 1. The van der Waals surface area contributed by atoms with Gasteiger partial charge in [0.25, 0.3) is 0 Å². The normalized spacial score (nSPS) is 17.5. The smallest absolute Gasteiger partial charge is 0.119 e. The van der Waals surface area contributed by atoms with Crippen molar-refractivity contribution in [3.8, 4) is 5.75 Å². The summed E-state index contributed by atoms with van der Waals surface area (Å²) in [5.74, 6) is 0.914. The van der Waals surface area contributed by atoms with E-state index in [0.29, 0.717) is 6.61 Å². The van der Waals surface area contributed by atoms with Gasteiger partial charge in [0, 0.05) is 12.1 Å². The number of aliphatic hydroxyl groups is 1. The summed E-state index contributed by atoms with van der Waals surface area (Å²) in [4.78, 5) is 0. The number of aliphatic hydroxyl groups excluding tert-OH is 1. The number of hydrogen-bond donors (Lipinski definition) is 2. The van der Waals surface area contributed by atoms with E-state index in [-0.39, 0.29) is 12.1 Å². The molecule has 2 rings (SSSR count). The Morgan fingerprint density at radius 3 is 2.47 bits per heavy atom. The van der Waals surface area contributed by atoms with Crippen LogP contribution in [0.4, 0.5) is 0 Å². The summed E-state index contributed by atoms with van der Waals surface area (Å²) < 4.78 is 5.40. The molecule has 0 amide bonds. The summed E-state index contributed by atoms with van der Waals surface area (Å²) in [5.41, 5.74) is 1.21. The molecule has 0 unspecified atom stereocenters. The second-order valence-electron chi connectivity index (χ2n) is 4.72. The van der Waals surface area contributed by atoms with Crippen LogP contribution in [-0.4, -0.2) is 23.9 Å². The first-order chi connectivity index (χ1) is 8.28. The number of benzene rings is 1. The Morgan fingerprint density at radius 2 is 2.00 bits per heavy atom. The maximum Gasteiger partial charge on any atom is 0.119 e. The third-order valence-corrected chi connectivity index (χ3v) is 3.52. The van der Waals surface area contributed by atoms with Gasteiger partial charge in [0.2, 0.25) is 0 Å². The van der Waals surface area contributed by atoms with Crippen LogP contribution >= 0.6 is 0 Å². The summed E-state index contributed by atoms with van der Waals surface area (Å²) >= 11 is 0. The van der Waals surface area contributed by atoms with Gasteiger partial charge in [0.05, 0.1) is 13.2 Å². The first-order valence-corrected chi connectivity index (χ1v) is 6.36. The van der Waals surface area contributed by atoms with Gasteiger partial charge in [-0.3, -0.25) is 0 Å². The van der Waals surface area contributed by atoms with Crippen LogP contribution in [0.1, 0.15) is 31.7 Å². The molecule has 94 valence electrons. The van der Waals surface area contributed by atoms with E-state index in [1.54, 1.807) is 0 Å². The highest BCUT2D eigenvalue weighted by Crippen LogP contribution is 2.31. The first kappa shape index (κ1) is 12.4. The van der Waals surface area contributed by atoms with Crippen LogP contribution in [0.3, 0.4) is 0 Å². The molecule has 0 bridgehead atoms. The van der Waals surface area contributed by atoms with Gasteiger partial charge in [0.1, 0.15) is 5.75 Å². The fraction of sp³-hybridized carbons (Fsp3) is 0.571. The molecule has 1 aromatic carbocycles. The summed E-state index contributed by atoms with van der Waals surface area (Å²) in [6, 6.07) is 8.13. The lowest BCUT2D eigenvalue weighted by Gasteiger charge is -2.41. The number of ether oxygens (including phenoxy) is 1. The molecule has 1 aromatic rings. The van der Waals surface area contributed by atoms with E-state index in [1.807, 2.05) is 19.1 Å². The molecule has 0 aliphatic heterocycles. The Kier molecular flexibility index (Phi) is 4.02. The Balaban J connectivity index is 1.86. The van der Waals surface area contributed by atoms with Gasteiger partial charge in [-0.2, -0.15) is 0 Å². The Labute approximate surface area is 103 Å². The summed E-state index contributed by atoms with van der Waals surface area (Å²) in [7, 11) is 0. The molecule has 0 radical (unpaired) electrons. The average Bonchev–Trinajstić information content (AvgIpc) is 2.31. The molecular weight excluding hydrogens is 214 g/mol. The molecule has 0 aromatic heterocycles. The molecule has 1 aliphatic carbocycles. The molecule has 1 saturated carbocycles. The van der Waals surface area contributed by atoms with E-state index in [2.05, 4.69) is 17.4 Å². The third kappa shape index (κ3) is 2.99. The summed E-state index contributed by atoms with van der Waals surface area (Å²) in [5, 5.41) is 12.8. The zero-order chi connectivity index (χ0) is 12.1. The number of rotatable bonds is 6. The van der Waals surface area contributed by atoms with Crippen molar-refractivity contribution in [2.75, 3.05) is 13.2 Å². The van der Waals surface area contributed by atoms with Crippen LogP contribution in [0.5, 0.6) is 5.75 Å². The zero-order valence-electron chi connectivity index (χ0n) is 10.4. The topological polar surface area (TPSA) is 41.5 Å². The SMILES string of the molecule is CCOc1ccc(CNC2(CO)CCC2)cc1. The van der Waals surface area contributed by atoms with E-state index in [9.17, 15) is 5.11 Å². The van der Waals surface area contributed by atoms with Gasteiger partial charge >= 0.3 is 0 Å². The first-order valence-electron chi connectivity index (χ1n) is 6.36. The van der Waals surface area contributed by atoms with Crippen molar-refractivity contribution in [2.24, 2.45) is 0 Å². The summed E-state index contributed by atoms with van der Waals surface area (Å²) in [6.45, 7) is 3.74. The van der Waals surface area contributed by atoms with Gasteiger partial charge in [-0.1, -0.05) is 12.1 Å². The van der Waals surface area contributed by atoms with Crippen LogP contribution in [0.25, 0.3) is 0 Å². The summed E-state index contributed by atoms with van der Waals surface area (Å²) in [6.07, 6.45) is 3.39.